The lowest BCUT2D eigenvalue weighted by atomic mass is 9.76. The van der Waals surface area contributed by atoms with Gasteiger partial charge in [-0.05, 0) is 44.2 Å². The van der Waals surface area contributed by atoms with Crippen LogP contribution in [0.1, 0.15) is 19.8 Å². The first-order valence-electron chi connectivity index (χ1n) is 5.25. The Morgan fingerprint density at radius 1 is 1.53 bits per heavy atom. The molecule has 1 aliphatic rings. The van der Waals surface area contributed by atoms with Crippen molar-refractivity contribution in [3.05, 3.63) is 24.3 Å². The number of rotatable bonds is 3. The summed E-state index contributed by atoms with van der Waals surface area (Å²) in [5.74, 6) is 0. The molecule has 0 spiro atoms. The van der Waals surface area contributed by atoms with Crippen LogP contribution in [0.15, 0.2) is 29.2 Å². The van der Waals surface area contributed by atoms with E-state index in [1.165, 1.54) is 4.90 Å². The molecule has 0 radical (unpaired) electrons. The smallest absolute Gasteiger partial charge is 0.0820 e. The highest BCUT2D eigenvalue weighted by molar-refractivity contribution is 7.98. The summed E-state index contributed by atoms with van der Waals surface area (Å²) in [5, 5.41) is 13.3. The van der Waals surface area contributed by atoms with Crippen molar-refractivity contribution in [2.24, 2.45) is 0 Å². The Hall–Kier alpha value is -0.670. The molecule has 2 atom stereocenters. The molecule has 0 saturated heterocycles. The maximum Gasteiger partial charge on any atom is 0.0820 e. The molecular weight excluding hydrogens is 206 g/mol. The number of thioether (sulfide) groups is 1. The van der Waals surface area contributed by atoms with Crippen molar-refractivity contribution in [2.45, 2.75) is 36.3 Å². The largest absolute Gasteiger partial charge is 0.388 e. The zero-order valence-corrected chi connectivity index (χ0v) is 9.97. The molecular formula is C12H17NOS. The maximum atomic E-state index is 9.89. The molecule has 0 heterocycles. The highest BCUT2D eigenvalue weighted by atomic mass is 32.2. The first-order chi connectivity index (χ1) is 7.12. The second kappa shape index (κ2) is 4.06. The molecule has 1 aromatic rings. The summed E-state index contributed by atoms with van der Waals surface area (Å²) >= 11 is 1.73. The van der Waals surface area contributed by atoms with Crippen molar-refractivity contribution < 1.29 is 5.11 Å². The standard InChI is InChI=1S/C12H17NOS/c1-12(14)7-6-11(12)13-9-4-3-5-10(8-9)15-2/h3-5,8,11,13-14H,6-7H2,1-2H3/t11-,12-/m0/s1. The van der Waals surface area contributed by atoms with Gasteiger partial charge in [0.05, 0.1) is 11.6 Å². The highest BCUT2D eigenvalue weighted by Gasteiger charge is 2.40. The third-order valence-electron chi connectivity index (χ3n) is 3.10. The molecule has 82 valence electrons. The molecule has 1 saturated carbocycles. The van der Waals surface area contributed by atoms with Crippen LogP contribution in [0, 0.1) is 0 Å². The topological polar surface area (TPSA) is 32.3 Å². The number of hydrogen-bond acceptors (Lipinski definition) is 3. The zero-order valence-electron chi connectivity index (χ0n) is 9.16. The van der Waals surface area contributed by atoms with E-state index in [-0.39, 0.29) is 6.04 Å². The van der Waals surface area contributed by atoms with Crippen LogP contribution < -0.4 is 5.32 Å². The number of anilines is 1. The molecule has 0 aliphatic heterocycles. The average Bonchev–Trinajstić information content (AvgIpc) is 2.25. The fraction of sp³-hybridized carbons (Fsp3) is 0.500. The molecule has 0 aromatic heterocycles. The van der Waals surface area contributed by atoms with Gasteiger partial charge in [-0.2, -0.15) is 0 Å². The van der Waals surface area contributed by atoms with Gasteiger partial charge in [-0.15, -0.1) is 11.8 Å². The van der Waals surface area contributed by atoms with Gasteiger partial charge in [0.1, 0.15) is 0 Å². The fourth-order valence-corrected chi connectivity index (χ4v) is 2.31. The summed E-state index contributed by atoms with van der Waals surface area (Å²) in [4.78, 5) is 1.25. The molecule has 1 aromatic carbocycles. The van der Waals surface area contributed by atoms with Gasteiger partial charge in [-0.3, -0.25) is 0 Å². The van der Waals surface area contributed by atoms with Crippen LogP contribution >= 0.6 is 11.8 Å². The second-order valence-electron chi connectivity index (χ2n) is 4.32. The van der Waals surface area contributed by atoms with Crippen molar-refractivity contribution in [1.82, 2.24) is 0 Å². The summed E-state index contributed by atoms with van der Waals surface area (Å²) in [6.07, 6.45) is 4.02. The molecule has 1 aliphatic carbocycles. The Morgan fingerprint density at radius 2 is 2.33 bits per heavy atom. The Balaban J connectivity index is 2.04. The van der Waals surface area contributed by atoms with Crippen LogP contribution in [0.4, 0.5) is 5.69 Å². The highest BCUT2D eigenvalue weighted by Crippen LogP contribution is 2.34. The van der Waals surface area contributed by atoms with E-state index in [4.69, 9.17) is 0 Å². The van der Waals surface area contributed by atoms with E-state index in [0.29, 0.717) is 0 Å². The Morgan fingerprint density at radius 3 is 2.87 bits per heavy atom. The van der Waals surface area contributed by atoms with Gasteiger partial charge >= 0.3 is 0 Å². The van der Waals surface area contributed by atoms with Crippen molar-refractivity contribution in [1.29, 1.82) is 0 Å². The normalized spacial score (nSPS) is 29.7. The third-order valence-corrected chi connectivity index (χ3v) is 3.83. The van der Waals surface area contributed by atoms with Crippen LogP contribution in [0.5, 0.6) is 0 Å². The minimum Gasteiger partial charge on any atom is -0.388 e. The molecule has 0 amide bonds. The Kier molecular flexibility index (Phi) is 2.94. The fourth-order valence-electron chi connectivity index (χ4n) is 1.85. The molecule has 2 rings (SSSR count). The maximum absolute atomic E-state index is 9.89. The van der Waals surface area contributed by atoms with Crippen molar-refractivity contribution in [2.75, 3.05) is 11.6 Å². The van der Waals surface area contributed by atoms with Crippen LogP contribution in [-0.2, 0) is 0 Å². The van der Waals surface area contributed by atoms with E-state index < -0.39 is 5.60 Å². The summed E-state index contributed by atoms with van der Waals surface area (Å²) < 4.78 is 0. The number of benzene rings is 1. The molecule has 0 unspecified atom stereocenters. The third kappa shape index (κ3) is 2.29. The molecule has 3 heteroatoms. The average molecular weight is 223 g/mol. The SMILES string of the molecule is CSc1cccc(N[C@H]2CC[C@]2(C)O)c1. The quantitative estimate of drug-likeness (QED) is 0.773. The molecule has 15 heavy (non-hydrogen) atoms. The van der Waals surface area contributed by atoms with Crippen LogP contribution in [0.3, 0.4) is 0 Å². The van der Waals surface area contributed by atoms with E-state index in [1.54, 1.807) is 11.8 Å². The summed E-state index contributed by atoms with van der Waals surface area (Å²) in [5.41, 5.74) is 0.571. The van der Waals surface area contributed by atoms with E-state index in [0.717, 1.165) is 18.5 Å². The van der Waals surface area contributed by atoms with Crippen molar-refractivity contribution >= 4 is 17.4 Å². The first kappa shape index (κ1) is 10.8. The summed E-state index contributed by atoms with van der Waals surface area (Å²) in [6, 6.07) is 8.51. The van der Waals surface area contributed by atoms with Crippen molar-refractivity contribution in [3.8, 4) is 0 Å². The summed E-state index contributed by atoms with van der Waals surface area (Å²) in [7, 11) is 0. The molecule has 2 N–H and O–H groups in total. The van der Waals surface area contributed by atoms with Gasteiger partial charge in [-0.25, -0.2) is 0 Å². The number of hydrogen-bond donors (Lipinski definition) is 2. The second-order valence-corrected chi connectivity index (χ2v) is 5.20. The first-order valence-corrected chi connectivity index (χ1v) is 6.47. The number of nitrogens with one attached hydrogen (secondary N) is 1. The summed E-state index contributed by atoms with van der Waals surface area (Å²) in [6.45, 7) is 1.90. The molecule has 1 fully saturated rings. The van der Waals surface area contributed by atoms with Crippen LogP contribution in [0.25, 0.3) is 0 Å². The van der Waals surface area contributed by atoms with E-state index in [2.05, 4.69) is 23.7 Å². The zero-order chi connectivity index (χ0) is 10.9. The van der Waals surface area contributed by atoms with Crippen molar-refractivity contribution in [3.63, 3.8) is 0 Å². The number of aliphatic hydroxyl groups is 1. The van der Waals surface area contributed by atoms with E-state index in [1.807, 2.05) is 19.1 Å². The lowest BCUT2D eigenvalue weighted by Crippen LogP contribution is -2.53. The molecule has 2 nitrogen and oxygen atoms in total. The van der Waals surface area contributed by atoms with E-state index >= 15 is 0 Å². The lowest BCUT2D eigenvalue weighted by molar-refractivity contribution is -0.0286. The van der Waals surface area contributed by atoms with Gasteiger partial charge in [0.15, 0.2) is 0 Å². The predicted octanol–water partition coefficient (Wildman–Crippen LogP) is 2.73. The van der Waals surface area contributed by atoms with Crippen LogP contribution in [-0.4, -0.2) is 23.0 Å². The monoisotopic (exact) mass is 223 g/mol. The Bertz CT molecular complexity index is 351. The van der Waals surface area contributed by atoms with Gasteiger partial charge in [0.2, 0.25) is 0 Å². The molecule has 0 bridgehead atoms. The van der Waals surface area contributed by atoms with Gasteiger partial charge < -0.3 is 10.4 Å². The van der Waals surface area contributed by atoms with Gasteiger partial charge in [-0.1, -0.05) is 6.07 Å². The predicted molar refractivity (Wildman–Crippen MR) is 65.5 cm³/mol. The minimum atomic E-state index is -0.532. The minimum absolute atomic E-state index is 0.203. The Labute approximate surface area is 95.1 Å². The lowest BCUT2D eigenvalue weighted by Gasteiger charge is -2.43. The van der Waals surface area contributed by atoms with E-state index in [9.17, 15) is 5.11 Å². The van der Waals surface area contributed by atoms with Gasteiger partial charge in [0, 0.05) is 10.6 Å². The van der Waals surface area contributed by atoms with Crippen LogP contribution in [0.2, 0.25) is 0 Å². The van der Waals surface area contributed by atoms with Gasteiger partial charge in [0.25, 0.3) is 0 Å².